The molecule has 0 aliphatic rings. The minimum Gasteiger partial charge on any atom is -0.497 e. The Kier molecular flexibility index (Phi) is 2.80. The van der Waals surface area contributed by atoms with Crippen LogP contribution < -0.4 is 4.74 Å². The summed E-state index contributed by atoms with van der Waals surface area (Å²) in [5.74, 6) is 1.77. The Morgan fingerprint density at radius 1 is 1.17 bits per heavy atom. The molecule has 0 fully saturated rings. The fourth-order valence-corrected chi connectivity index (χ4v) is 2.39. The largest absolute Gasteiger partial charge is 0.497 e. The third-order valence-electron chi connectivity index (χ3n) is 2.87. The molecule has 0 aliphatic heterocycles. The number of halogens is 1. The number of fused-ring (bicyclic) bond motifs is 1. The van der Waals surface area contributed by atoms with E-state index in [2.05, 4.69) is 25.3 Å². The van der Waals surface area contributed by atoms with Crippen LogP contribution in [0, 0.1) is 0 Å². The molecule has 0 amide bonds. The van der Waals surface area contributed by atoms with Gasteiger partial charge in [0.1, 0.15) is 11.6 Å². The molecule has 2 aromatic heterocycles. The highest BCUT2D eigenvalue weighted by atomic mass is 79.9. The van der Waals surface area contributed by atoms with Gasteiger partial charge in [0.2, 0.25) is 0 Å². The number of methoxy groups -OCH3 is 1. The molecule has 18 heavy (non-hydrogen) atoms. The summed E-state index contributed by atoms with van der Waals surface area (Å²) in [5.41, 5.74) is 2.12. The maximum absolute atomic E-state index is 5.16. The highest BCUT2D eigenvalue weighted by molar-refractivity contribution is 9.10. The number of rotatable bonds is 2. The highest BCUT2D eigenvalue weighted by Crippen LogP contribution is 2.25. The molecule has 3 nitrogen and oxygen atoms in total. The van der Waals surface area contributed by atoms with Crippen LogP contribution in [-0.2, 0) is 0 Å². The molecule has 2 heterocycles. The van der Waals surface area contributed by atoms with Crippen molar-refractivity contribution in [1.29, 1.82) is 0 Å². The van der Waals surface area contributed by atoms with Gasteiger partial charge in [0, 0.05) is 16.2 Å². The molecule has 0 saturated carbocycles. The number of nitrogens with zero attached hydrogens (tertiary/aromatic N) is 2. The molecular weight excluding hydrogens is 292 g/mol. The molecule has 3 rings (SSSR count). The predicted molar refractivity (Wildman–Crippen MR) is 74.9 cm³/mol. The van der Waals surface area contributed by atoms with Crippen LogP contribution in [0.15, 0.2) is 53.3 Å². The van der Waals surface area contributed by atoms with Crippen molar-refractivity contribution in [3.8, 4) is 17.1 Å². The SMILES string of the molecule is COc1ccc(-c2ncc3c(Br)cccn23)cc1. The summed E-state index contributed by atoms with van der Waals surface area (Å²) in [6, 6.07) is 11.9. The van der Waals surface area contributed by atoms with Gasteiger partial charge in [0.05, 0.1) is 18.8 Å². The van der Waals surface area contributed by atoms with Gasteiger partial charge in [-0.1, -0.05) is 0 Å². The Balaban J connectivity index is 2.16. The van der Waals surface area contributed by atoms with Crippen LogP contribution in [0.5, 0.6) is 5.75 Å². The van der Waals surface area contributed by atoms with Crippen molar-refractivity contribution in [1.82, 2.24) is 9.38 Å². The summed E-state index contributed by atoms with van der Waals surface area (Å²) in [4.78, 5) is 4.47. The summed E-state index contributed by atoms with van der Waals surface area (Å²) < 4.78 is 8.26. The van der Waals surface area contributed by atoms with Crippen LogP contribution in [-0.4, -0.2) is 16.5 Å². The first-order valence-corrected chi connectivity index (χ1v) is 6.35. The molecule has 0 spiro atoms. The summed E-state index contributed by atoms with van der Waals surface area (Å²) in [6.45, 7) is 0. The second-order valence-corrected chi connectivity index (χ2v) is 4.78. The molecular formula is C14H11BrN2O. The molecule has 1 aromatic carbocycles. The third kappa shape index (κ3) is 1.78. The molecule has 0 atom stereocenters. The van der Waals surface area contributed by atoms with Crippen molar-refractivity contribution in [3.63, 3.8) is 0 Å². The van der Waals surface area contributed by atoms with E-state index in [4.69, 9.17) is 4.74 Å². The number of hydrogen-bond donors (Lipinski definition) is 0. The number of imidazole rings is 1. The monoisotopic (exact) mass is 302 g/mol. The van der Waals surface area contributed by atoms with Crippen LogP contribution in [0.4, 0.5) is 0 Å². The Labute approximate surface area is 113 Å². The molecule has 0 N–H and O–H groups in total. The fourth-order valence-electron chi connectivity index (χ4n) is 1.94. The second-order valence-electron chi connectivity index (χ2n) is 3.92. The first kappa shape index (κ1) is 11.3. The van der Waals surface area contributed by atoms with Gasteiger partial charge in [-0.25, -0.2) is 4.98 Å². The van der Waals surface area contributed by atoms with E-state index < -0.39 is 0 Å². The number of aromatic nitrogens is 2. The Morgan fingerprint density at radius 2 is 1.94 bits per heavy atom. The normalized spacial score (nSPS) is 10.8. The molecule has 90 valence electrons. The van der Waals surface area contributed by atoms with Crippen molar-refractivity contribution in [2.45, 2.75) is 0 Å². The van der Waals surface area contributed by atoms with Gasteiger partial charge in [-0.15, -0.1) is 0 Å². The molecule has 0 bridgehead atoms. The molecule has 0 aliphatic carbocycles. The van der Waals surface area contributed by atoms with E-state index in [-0.39, 0.29) is 0 Å². The van der Waals surface area contributed by atoms with Crippen molar-refractivity contribution in [3.05, 3.63) is 53.3 Å². The van der Waals surface area contributed by atoms with Crippen molar-refractivity contribution < 1.29 is 4.74 Å². The minimum absolute atomic E-state index is 0.848. The topological polar surface area (TPSA) is 26.5 Å². The second kappa shape index (κ2) is 4.46. The quantitative estimate of drug-likeness (QED) is 0.720. The zero-order chi connectivity index (χ0) is 12.5. The smallest absolute Gasteiger partial charge is 0.144 e. The Hall–Kier alpha value is -1.81. The Bertz CT molecular complexity index is 689. The number of hydrogen-bond acceptors (Lipinski definition) is 2. The van der Waals surface area contributed by atoms with Crippen molar-refractivity contribution in [2.75, 3.05) is 7.11 Å². The van der Waals surface area contributed by atoms with Crippen LogP contribution in [0.25, 0.3) is 16.9 Å². The molecule has 0 radical (unpaired) electrons. The van der Waals surface area contributed by atoms with Gasteiger partial charge in [-0.3, -0.25) is 4.40 Å². The number of ether oxygens (including phenoxy) is 1. The predicted octanol–water partition coefficient (Wildman–Crippen LogP) is 3.77. The summed E-state index contributed by atoms with van der Waals surface area (Å²) >= 11 is 3.52. The molecule has 0 saturated heterocycles. The van der Waals surface area contributed by atoms with E-state index in [0.717, 1.165) is 27.1 Å². The molecule has 3 aromatic rings. The van der Waals surface area contributed by atoms with Gasteiger partial charge in [0.15, 0.2) is 0 Å². The van der Waals surface area contributed by atoms with Gasteiger partial charge < -0.3 is 4.74 Å². The van der Waals surface area contributed by atoms with Crippen molar-refractivity contribution >= 4 is 21.4 Å². The summed E-state index contributed by atoms with van der Waals surface area (Å²) in [6.07, 6.45) is 3.87. The summed E-state index contributed by atoms with van der Waals surface area (Å²) in [5, 5.41) is 0. The minimum atomic E-state index is 0.848. The zero-order valence-electron chi connectivity index (χ0n) is 9.80. The van der Waals surface area contributed by atoms with Crippen molar-refractivity contribution in [2.24, 2.45) is 0 Å². The van der Waals surface area contributed by atoms with Gasteiger partial charge >= 0.3 is 0 Å². The van der Waals surface area contributed by atoms with Crippen LogP contribution in [0.2, 0.25) is 0 Å². The van der Waals surface area contributed by atoms with E-state index in [1.807, 2.05) is 48.8 Å². The lowest BCUT2D eigenvalue weighted by molar-refractivity contribution is 0.415. The van der Waals surface area contributed by atoms with Gasteiger partial charge in [0.25, 0.3) is 0 Å². The lowest BCUT2D eigenvalue weighted by Crippen LogP contribution is -1.89. The van der Waals surface area contributed by atoms with Crippen LogP contribution >= 0.6 is 15.9 Å². The maximum atomic E-state index is 5.16. The number of benzene rings is 1. The third-order valence-corrected chi connectivity index (χ3v) is 3.54. The van der Waals surface area contributed by atoms with E-state index in [0.29, 0.717) is 0 Å². The molecule has 4 heteroatoms. The van der Waals surface area contributed by atoms with E-state index >= 15 is 0 Å². The maximum Gasteiger partial charge on any atom is 0.144 e. The Morgan fingerprint density at radius 3 is 2.67 bits per heavy atom. The lowest BCUT2D eigenvalue weighted by atomic mass is 10.2. The zero-order valence-corrected chi connectivity index (χ0v) is 11.4. The van der Waals surface area contributed by atoms with Crippen LogP contribution in [0.3, 0.4) is 0 Å². The van der Waals surface area contributed by atoms with Gasteiger partial charge in [-0.05, 0) is 52.3 Å². The van der Waals surface area contributed by atoms with E-state index in [1.165, 1.54) is 0 Å². The number of pyridine rings is 1. The first-order valence-electron chi connectivity index (χ1n) is 5.55. The lowest BCUT2D eigenvalue weighted by Gasteiger charge is -2.03. The van der Waals surface area contributed by atoms with E-state index in [1.54, 1.807) is 7.11 Å². The molecule has 0 unspecified atom stereocenters. The van der Waals surface area contributed by atoms with E-state index in [9.17, 15) is 0 Å². The first-order chi connectivity index (χ1) is 8.79. The highest BCUT2D eigenvalue weighted by Gasteiger charge is 2.07. The average Bonchev–Trinajstić information content (AvgIpc) is 2.84. The average molecular weight is 303 g/mol. The fraction of sp³-hybridized carbons (Fsp3) is 0.0714. The van der Waals surface area contributed by atoms with Gasteiger partial charge in [-0.2, -0.15) is 0 Å². The standard InChI is InChI=1S/C14H11BrN2O/c1-18-11-6-4-10(5-7-11)14-16-9-13-12(15)3-2-8-17(13)14/h2-9H,1H3. The summed E-state index contributed by atoms with van der Waals surface area (Å²) in [7, 11) is 1.66. The van der Waals surface area contributed by atoms with Crippen LogP contribution in [0.1, 0.15) is 0 Å².